The fourth-order valence-corrected chi connectivity index (χ4v) is 2.86. The Hall–Kier alpha value is -2.27. The molecule has 9 nitrogen and oxygen atoms in total. The molecule has 1 fully saturated rings. The van der Waals surface area contributed by atoms with E-state index in [4.69, 9.17) is 10.8 Å². The summed E-state index contributed by atoms with van der Waals surface area (Å²) in [5, 5.41) is 12.9. The molecule has 0 aromatic carbocycles. The summed E-state index contributed by atoms with van der Waals surface area (Å²) in [7, 11) is 1.65. The highest BCUT2D eigenvalue weighted by molar-refractivity contribution is 5.79. The number of hydroxylamine groups is 2. The van der Waals surface area contributed by atoms with Crippen LogP contribution in [-0.4, -0.2) is 56.0 Å². The molecule has 0 spiro atoms. The molecule has 22 heavy (non-hydrogen) atoms. The molecule has 1 saturated heterocycles. The highest BCUT2D eigenvalue weighted by Crippen LogP contribution is 2.44. The van der Waals surface area contributed by atoms with Crippen LogP contribution in [0.4, 0.5) is 13.6 Å². The van der Waals surface area contributed by atoms with Crippen LogP contribution in [0.2, 0.25) is 0 Å². The van der Waals surface area contributed by atoms with E-state index in [0.717, 1.165) is 0 Å². The summed E-state index contributed by atoms with van der Waals surface area (Å²) in [6.07, 6.45) is -3.07. The molecule has 0 aliphatic carbocycles. The standard InChI is InChI=1S/C11H13F2N5O4/c1-16-8-5(3-15-16)7-4-17(6(8)2-14)10(21)18(7)22-11(12,13)9(19)20/h3,6-7H,2,4,14H2,1H3,(H,19,20)/t6?,7-/m1/s1. The Bertz CT molecular complexity index is 648. The van der Waals surface area contributed by atoms with Gasteiger partial charge in [0.25, 0.3) is 0 Å². The third-order valence-corrected chi connectivity index (χ3v) is 3.84. The summed E-state index contributed by atoms with van der Waals surface area (Å²) in [6.45, 7) is 0.156. The average Bonchev–Trinajstić information content (AvgIpc) is 2.95. The van der Waals surface area contributed by atoms with Crippen molar-refractivity contribution >= 4 is 12.0 Å². The zero-order chi connectivity index (χ0) is 16.2. The smallest absolute Gasteiger partial charge is 0.475 e. The van der Waals surface area contributed by atoms with Crippen LogP contribution in [0.15, 0.2) is 6.20 Å². The molecule has 3 N–H and O–H groups in total. The third-order valence-electron chi connectivity index (χ3n) is 3.84. The number of carbonyl (C=O) groups excluding carboxylic acids is 1. The minimum Gasteiger partial charge on any atom is -0.475 e. The van der Waals surface area contributed by atoms with Crippen molar-refractivity contribution in [3.63, 3.8) is 0 Å². The molecule has 3 heterocycles. The lowest BCUT2D eigenvalue weighted by atomic mass is 9.98. The number of nitrogens with zero attached hydrogens (tertiary/aromatic N) is 4. The van der Waals surface area contributed by atoms with Crippen molar-refractivity contribution in [2.24, 2.45) is 12.8 Å². The summed E-state index contributed by atoms with van der Waals surface area (Å²) in [5.74, 6) is -2.47. The van der Waals surface area contributed by atoms with Crippen molar-refractivity contribution in [3.05, 3.63) is 17.5 Å². The van der Waals surface area contributed by atoms with Gasteiger partial charge in [0.2, 0.25) is 0 Å². The van der Waals surface area contributed by atoms with E-state index in [-0.39, 0.29) is 13.1 Å². The number of carboxylic acids is 1. The van der Waals surface area contributed by atoms with E-state index in [1.165, 1.54) is 15.8 Å². The van der Waals surface area contributed by atoms with Gasteiger partial charge in [-0.1, -0.05) is 0 Å². The Morgan fingerprint density at radius 3 is 2.91 bits per heavy atom. The molecular weight excluding hydrogens is 304 g/mol. The Morgan fingerprint density at radius 2 is 2.32 bits per heavy atom. The van der Waals surface area contributed by atoms with Crippen molar-refractivity contribution in [2.45, 2.75) is 18.2 Å². The quantitative estimate of drug-likeness (QED) is 0.796. The van der Waals surface area contributed by atoms with E-state index in [1.54, 1.807) is 7.05 Å². The van der Waals surface area contributed by atoms with Crippen LogP contribution in [0.25, 0.3) is 0 Å². The van der Waals surface area contributed by atoms with Crippen molar-refractivity contribution < 1.29 is 28.3 Å². The average molecular weight is 317 g/mol. The Kier molecular flexibility index (Phi) is 3.07. The van der Waals surface area contributed by atoms with Gasteiger partial charge >= 0.3 is 18.1 Å². The zero-order valence-corrected chi connectivity index (χ0v) is 11.4. The van der Waals surface area contributed by atoms with Gasteiger partial charge in [0.15, 0.2) is 0 Å². The number of hydrogen-bond donors (Lipinski definition) is 2. The summed E-state index contributed by atoms with van der Waals surface area (Å²) < 4.78 is 28.1. The van der Waals surface area contributed by atoms with Gasteiger partial charge in [-0.25, -0.2) is 9.59 Å². The van der Waals surface area contributed by atoms with Crippen LogP contribution >= 0.6 is 0 Å². The molecule has 2 amide bonds. The molecule has 0 saturated carbocycles. The third kappa shape index (κ3) is 1.85. The minimum atomic E-state index is -4.51. The van der Waals surface area contributed by atoms with Crippen LogP contribution in [0.5, 0.6) is 0 Å². The number of alkyl halides is 2. The number of aryl methyl sites for hydroxylation is 1. The number of carbonyl (C=O) groups is 2. The van der Waals surface area contributed by atoms with Crippen molar-refractivity contribution in [2.75, 3.05) is 13.1 Å². The number of aliphatic carboxylic acids is 1. The molecule has 120 valence electrons. The second-order valence-corrected chi connectivity index (χ2v) is 5.05. The number of amides is 2. The second-order valence-electron chi connectivity index (χ2n) is 5.05. The Labute approximate surface area is 122 Å². The number of urea groups is 1. The summed E-state index contributed by atoms with van der Waals surface area (Å²) in [5.41, 5.74) is 6.81. The number of hydrogen-bond acceptors (Lipinski definition) is 5. The fourth-order valence-electron chi connectivity index (χ4n) is 2.86. The SMILES string of the molecule is Cn1ncc2c1C(CN)N1C[C@H]2N(OC(F)(F)C(=O)O)C1=O. The first-order chi connectivity index (χ1) is 10.3. The number of rotatable bonds is 4. The minimum absolute atomic E-state index is 0.0775. The Balaban J connectivity index is 2.00. The van der Waals surface area contributed by atoms with Crippen LogP contribution in [-0.2, 0) is 16.7 Å². The number of carboxylic acid groups (broad SMARTS) is 1. The molecule has 2 atom stereocenters. The molecule has 1 aromatic heterocycles. The molecule has 2 aliphatic rings. The molecular formula is C11H13F2N5O4. The van der Waals surface area contributed by atoms with Gasteiger partial charge < -0.3 is 15.7 Å². The monoisotopic (exact) mass is 317 g/mol. The Morgan fingerprint density at radius 1 is 1.64 bits per heavy atom. The van der Waals surface area contributed by atoms with Gasteiger partial charge in [-0.15, -0.1) is 0 Å². The van der Waals surface area contributed by atoms with E-state index in [9.17, 15) is 18.4 Å². The summed E-state index contributed by atoms with van der Waals surface area (Å²) >= 11 is 0. The highest BCUT2D eigenvalue weighted by atomic mass is 19.3. The predicted molar refractivity (Wildman–Crippen MR) is 65.4 cm³/mol. The topological polar surface area (TPSA) is 114 Å². The zero-order valence-electron chi connectivity index (χ0n) is 11.4. The van der Waals surface area contributed by atoms with Gasteiger partial charge in [0.1, 0.15) is 6.04 Å². The van der Waals surface area contributed by atoms with E-state index < -0.39 is 30.2 Å². The van der Waals surface area contributed by atoms with Crippen molar-refractivity contribution in [1.29, 1.82) is 0 Å². The van der Waals surface area contributed by atoms with Gasteiger partial charge in [-0.2, -0.15) is 23.8 Å². The first-order valence-corrected chi connectivity index (χ1v) is 6.40. The fraction of sp³-hybridized carbons (Fsp3) is 0.545. The summed E-state index contributed by atoms with van der Waals surface area (Å²) in [6, 6.07) is -2.24. The number of fused-ring (bicyclic) bond motifs is 4. The molecule has 2 aliphatic heterocycles. The van der Waals surface area contributed by atoms with E-state index in [0.29, 0.717) is 16.3 Å². The second kappa shape index (κ2) is 4.61. The predicted octanol–water partition coefficient (Wildman–Crippen LogP) is -0.179. The van der Waals surface area contributed by atoms with Crippen LogP contribution in [0.3, 0.4) is 0 Å². The molecule has 11 heteroatoms. The maximum atomic E-state index is 13.3. The lowest BCUT2D eigenvalue weighted by Crippen LogP contribution is -2.42. The van der Waals surface area contributed by atoms with Gasteiger partial charge in [-0.05, 0) is 0 Å². The van der Waals surface area contributed by atoms with Crippen molar-refractivity contribution in [3.8, 4) is 0 Å². The molecule has 1 aromatic rings. The van der Waals surface area contributed by atoms with Gasteiger partial charge in [-0.3, -0.25) is 4.68 Å². The summed E-state index contributed by atoms with van der Waals surface area (Å²) in [4.78, 5) is 28.2. The number of nitrogens with two attached hydrogens (primary N) is 1. The lowest BCUT2D eigenvalue weighted by molar-refractivity contribution is -0.328. The van der Waals surface area contributed by atoms with Crippen LogP contribution in [0, 0.1) is 0 Å². The van der Waals surface area contributed by atoms with Crippen LogP contribution < -0.4 is 5.73 Å². The molecule has 2 bridgehead atoms. The van der Waals surface area contributed by atoms with Gasteiger partial charge in [0.05, 0.1) is 24.5 Å². The van der Waals surface area contributed by atoms with Crippen LogP contribution in [0.1, 0.15) is 23.3 Å². The first-order valence-electron chi connectivity index (χ1n) is 6.40. The van der Waals surface area contributed by atoms with E-state index in [1.807, 2.05) is 0 Å². The highest BCUT2D eigenvalue weighted by Gasteiger charge is 2.54. The normalized spacial score (nSPS) is 23.9. The number of halogens is 2. The van der Waals surface area contributed by atoms with E-state index in [2.05, 4.69) is 9.94 Å². The largest absolute Gasteiger partial charge is 0.476 e. The maximum absolute atomic E-state index is 13.3. The molecule has 3 rings (SSSR count). The lowest BCUT2D eigenvalue weighted by Gasteiger charge is -2.30. The molecule has 0 radical (unpaired) electrons. The maximum Gasteiger partial charge on any atom is 0.476 e. The van der Waals surface area contributed by atoms with Crippen molar-refractivity contribution in [1.82, 2.24) is 19.7 Å². The van der Waals surface area contributed by atoms with Gasteiger partial charge in [0, 0.05) is 19.2 Å². The molecule has 1 unspecified atom stereocenters. The first kappa shape index (κ1) is 14.7. The number of aromatic nitrogens is 2. The van der Waals surface area contributed by atoms with E-state index >= 15 is 0 Å².